The summed E-state index contributed by atoms with van der Waals surface area (Å²) in [5.41, 5.74) is 1.87. The van der Waals surface area contributed by atoms with Crippen molar-refractivity contribution >= 4 is 16.9 Å². The van der Waals surface area contributed by atoms with Gasteiger partial charge < -0.3 is 14.6 Å². The largest absolute Gasteiger partial charge is 0.380 e. The molecule has 1 aromatic heterocycles. The van der Waals surface area contributed by atoms with Crippen molar-refractivity contribution < 1.29 is 9.53 Å². The molecular formula is C16H23N3O3. The van der Waals surface area contributed by atoms with E-state index in [4.69, 9.17) is 4.74 Å². The van der Waals surface area contributed by atoms with Crippen LogP contribution in [-0.2, 0) is 11.3 Å². The zero-order chi connectivity index (χ0) is 16.1. The van der Waals surface area contributed by atoms with Crippen LogP contribution in [0.2, 0.25) is 0 Å². The number of aromatic nitrogens is 2. The van der Waals surface area contributed by atoms with Gasteiger partial charge in [0, 0.05) is 25.8 Å². The molecule has 0 aliphatic heterocycles. The van der Waals surface area contributed by atoms with Gasteiger partial charge in [-0.05, 0) is 31.5 Å². The van der Waals surface area contributed by atoms with Gasteiger partial charge in [0.1, 0.15) is 0 Å². The Balaban J connectivity index is 2.28. The maximum absolute atomic E-state index is 12.3. The Morgan fingerprint density at radius 1 is 1.36 bits per heavy atom. The molecule has 0 saturated heterocycles. The first-order valence-electron chi connectivity index (χ1n) is 7.64. The van der Waals surface area contributed by atoms with Gasteiger partial charge in [-0.2, -0.15) is 0 Å². The lowest BCUT2D eigenvalue weighted by Crippen LogP contribution is -2.27. The monoisotopic (exact) mass is 305 g/mol. The van der Waals surface area contributed by atoms with Gasteiger partial charge in [-0.3, -0.25) is 9.36 Å². The number of amides is 1. The lowest BCUT2D eigenvalue weighted by atomic mass is 10.1. The first-order chi connectivity index (χ1) is 10.6. The molecule has 2 rings (SSSR count). The lowest BCUT2D eigenvalue weighted by Gasteiger charge is -2.16. The molecule has 0 bridgehead atoms. The molecule has 0 saturated carbocycles. The summed E-state index contributed by atoms with van der Waals surface area (Å²) in [7, 11) is 1.78. The third-order valence-corrected chi connectivity index (χ3v) is 3.59. The van der Waals surface area contributed by atoms with E-state index in [1.54, 1.807) is 28.6 Å². The van der Waals surface area contributed by atoms with E-state index in [0.717, 1.165) is 11.9 Å². The Labute approximate surface area is 129 Å². The summed E-state index contributed by atoms with van der Waals surface area (Å²) in [5, 5.41) is 0. The van der Waals surface area contributed by atoms with Gasteiger partial charge >= 0.3 is 5.69 Å². The van der Waals surface area contributed by atoms with Crippen LogP contribution in [0.3, 0.4) is 0 Å². The van der Waals surface area contributed by atoms with Crippen LogP contribution >= 0.6 is 0 Å². The van der Waals surface area contributed by atoms with Crippen molar-refractivity contribution in [2.24, 2.45) is 0 Å². The number of nitrogens with one attached hydrogen (secondary N) is 1. The quantitative estimate of drug-likeness (QED) is 0.794. The lowest BCUT2D eigenvalue weighted by molar-refractivity contribution is 0.0795. The van der Waals surface area contributed by atoms with Crippen molar-refractivity contribution in [1.29, 1.82) is 0 Å². The smallest absolute Gasteiger partial charge is 0.326 e. The Morgan fingerprint density at radius 3 is 2.82 bits per heavy atom. The molecule has 120 valence electrons. The number of ether oxygens (including phenoxy) is 1. The number of imidazole rings is 1. The second-order valence-corrected chi connectivity index (χ2v) is 5.24. The fraction of sp³-hybridized carbons (Fsp3) is 0.500. The van der Waals surface area contributed by atoms with E-state index in [-0.39, 0.29) is 11.6 Å². The summed E-state index contributed by atoms with van der Waals surface area (Å²) >= 11 is 0. The highest BCUT2D eigenvalue weighted by molar-refractivity contribution is 5.97. The highest BCUT2D eigenvalue weighted by Crippen LogP contribution is 2.14. The van der Waals surface area contributed by atoms with Gasteiger partial charge in [-0.15, -0.1) is 0 Å². The fourth-order valence-corrected chi connectivity index (χ4v) is 2.48. The molecule has 1 aromatic carbocycles. The van der Waals surface area contributed by atoms with Crippen molar-refractivity contribution in [3.63, 3.8) is 0 Å². The van der Waals surface area contributed by atoms with Crippen molar-refractivity contribution in [2.45, 2.75) is 26.8 Å². The minimum absolute atomic E-state index is 0.0355. The minimum Gasteiger partial charge on any atom is -0.380 e. The molecule has 6 heteroatoms. The number of carbonyl (C=O) groups is 1. The minimum atomic E-state index is -0.179. The number of H-pyrrole nitrogens is 1. The van der Waals surface area contributed by atoms with Gasteiger partial charge in [-0.25, -0.2) is 4.79 Å². The zero-order valence-electron chi connectivity index (χ0n) is 13.4. The SMILES string of the molecule is CCCN(C)C(=O)c1ccc2c(c1)[nH]c(=O)n2CCOCC. The average molecular weight is 305 g/mol. The molecule has 6 nitrogen and oxygen atoms in total. The van der Waals surface area contributed by atoms with Crippen molar-refractivity contribution in [1.82, 2.24) is 14.5 Å². The predicted molar refractivity (Wildman–Crippen MR) is 86.3 cm³/mol. The second-order valence-electron chi connectivity index (χ2n) is 5.24. The zero-order valence-corrected chi connectivity index (χ0v) is 13.4. The Kier molecular flexibility index (Phi) is 5.38. The number of benzene rings is 1. The van der Waals surface area contributed by atoms with E-state index in [2.05, 4.69) is 4.98 Å². The van der Waals surface area contributed by atoms with Crippen LogP contribution < -0.4 is 5.69 Å². The molecule has 0 radical (unpaired) electrons. The van der Waals surface area contributed by atoms with Crippen molar-refractivity contribution in [3.05, 3.63) is 34.2 Å². The summed E-state index contributed by atoms with van der Waals surface area (Å²) in [4.78, 5) is 28.8. The topological polar surface area (TPSA) is 67.3 Å². The van der Waals surface area contributed by atoms with Gasteiger partial charge in [0.2, 0.25) is 0 Å². The van der Waals surface area contributed by atoms with Gasteiger partial charge in [0.15, 0.2) is 0 Å². The Hall–Kier alpha value is -2.08. The van der Waals surface area contributed by atoms with Crippen LogP contribution in [0.1, 0.15) is 30.6 Å². The third-order valence-electron chi connectivity index (χ3n) is 3.59. The Morgan fingerprint density at radius 2 is 2.14 bits per heavy atom. The molecule has 1 N–H and O–H groups in total. The van der Waals surface area contributed by atoms with Crippen LogP contribution in [0.5, 0.6) is 0 Å². The highest BCUT2D eigenvalue weighted by Gasteiger charge is 2.13. The molecule has 0 aliphatic rings. The van der Waals surface area contributed by atoms with Crippen molar-refractivity contribution in [2.75, 3.05) is 26.8 Å². The molecule has 0 aliphatic carbocycles. The summed E-state index contributed by atoms with van der Waals surface area (Å²) in [6.45, 7) is 6.27. The number of aromatic amines is 1. The molecule has 0 atom stereocenters. The molecule has 1 amide bonds. The third kappa shape index (κ3) is 3.39. The van der Waals surface area contributed by atoms with E-state index in [9.17, 15) is 9.59 Å². The second kappa shape index (κ2) is 7.26. The standard InChI is InChI=1S/C16H23N3O3/c1-4-8-18(3)15(20)12-6-7-14-13(11-12)17-16(21)19(14)9-10-22-5-2/h6-7,11H,4-5,8-10H2,1-3H3,(H,17,21). The maximum atomic E-state index is 12.3. The van der Waals surface area contributed by atoms with E-state index < -0.39 is 0 Å². The van der Waals surface area contributed by atoms with Crippen LogP contribution in [0, 0.1) is 0 Å². The summed E-state index contributed by atoms with van der Waals surface area (Å²) in [6, 6.07) is 5.32. The molecular weight excluding hydrogens is 282 g/mol. The number of hydrogen-bond acceptors (Lipinski definition) is 3. The first kappa shape index (κ1) is 16.3. The predicted octanol–water partition coefficient (Wildman–Crippen LogP) is 1.85. The summed E-state index contributed by atoms with van der Waals surface area (Å²) in [6.07, 6.45) is 0.912. The molecule has 0 fully saturated rings. The summed E-state index contributed by atoms with van der Waals surface area (Å²) < 4.78 is 6.93. The molecule has 0 spiro atoms. The average Bonchev–Trinajstić information content (AvgIpc) is 2.82. The molecule has 1 heterocycles. The van der Waals surface area contributed by atoms with E-state index in [1.165, 1.54) is 0 Å². The fourth-order valence-electron chi connectivity index (χ4n) is 2.48. The highest BCUT2D eigenvalue weighted by atomic mass is 16.5. The molecule has 0 unspecified atom stereocenters. The Bertz CT molecular complexity index is 702. The number of nitrogens with zero attached hydrogens (tertiary/aromatic N) is 2. The van der Waals surface area contributed by atoms with Crippen LogP contribution in [0.4, 0.5) is 0 Å². The van der Waals surface area contributed by atoms with Crippen molar-refractivity contribution in [3.8, 4) is 0 Å². The van der Waals surface area contributed by atoms with E-state index >= 15 is 0 Å². The van der Waals surface area contributed by atoms with Gasteiger partial charge in [0.25, 0.3) is 5.91 Å². The van der Waals surface area contributed by atoms with Gasteiger partial charge in [0.05, 0.1) is 24.2 Å². The maximum Gasteiger partial charge on any atom is 0.326 e. The van der Waals surface area contributed by atoms with E-state index in [1.807, 2.05) is 19.9 Å². The van der Waals surface area contributed by atoms with Crippen LogP contribution in [0.15, 0.2) is 23.0 Å². The molecule has 22 heavy (non-hydrogen) atoms. The van der Waals surface area contributed by atoms with Gasteiger partial charge in [-0.1, -0.05) is 6.92 Å². The summed E-state index contributed by atoms with van der Waals surface area (Å²) in [5.74, 6) is -0.0355. The number of hydrogen-bond donors (Lipinski definition) is 1. The number of carbonyl (C=O) groups excluding carboxylic acids is 1. The van der Waals surface area contributed by atoms with E-state index in [0.29, 0.717) is 37.4 Å². The normalized spacial score (nSPS) is 11.0. The first-order valence-corrected chi connectivity index (χ1v) is 7.64. The van der Waals surface area contributed by atoms with Crippen LogP contribution in [-0.4, -0.2) is 47.2 Å². The van der Waals surface area contributed by atoms with Crippen LogP contribution in [0.25, 0.3) is 11.0 Å². The number of rotatable bonds is 7. The number of fused-ring (bicyclic) bond motifs is 1. The molecule has 2 aromatic rings.